The average molecular weight is 328 g/mol. The largest absolute Gasteiger partial charge is 0.361 e. The minimum absolute atomic E-state index is 0.286. The van der Waals surface area contributed by atoms with Gasteiger partial charge in [-0.3, -0.25) is 0 Å². The lowest BCUT2D eigenvalue weighted by atomic mass is 10.0. The van der Waals surface area contributed by atoms with Gasteiger partial charge in [-0.05, 0) is 35.3 Å². The number of aromatic amines is 1. The highest BCUT2D eigenvalue weighted by atomic mass is 127. The van der Waals surface area contributed by atoms with Crippen molar-refractivity contribution < 1.29 is 0 Å². The topological polar surface area (TPSA) is 41.8 Å². The van der Waals surface area contributed by atoms with Crippen LogP contribution in [0.4, 0.5) is 0 Å². The Kier molecular flexibility index (Phi) is 4.23. The third kappa shape index (κ3) is 2.77. The highest BCUT2D eigenvalue weighted by molar-refractivity contribution is 14.1. The maximum absolute atomic E-state index is 6.12. The van der Waals surface area contributed by atoms with Gasteiger partial charge >= 0.3 is 0 Å². The number of aromatic nitrogens is 1. The first kappa shape index (κ1) is 11.9. The van der Waals surface area contributed by atoms with Gasteiger partial charge in [-0.2, -0.15) is 0 Å². The maximum atomic E-state index is 6.12. The predicted molar refractivity (Wildman–Crippen MR) is 78.1 cm³/mol. The van der Waals surface area contributed by atoms with Gasteiger partial charge in [-0.25, -0.2) is 0 Å². The van der Waals surface area contributed by atoms with Gasteiger partial charge in [-0.15, -0.1) is 0 Å². The Balaban J connectivity index is 2.09. The lowest BCUT2D eigenvalue weighted by Gasteiger charge is -2.09. The standard InChI is InChI=1S/C13H17IN2/c14-7-3-4-11(15)8-10-9-16-13-6-2-1-5-12(10)13/h1-2,5-6,9,11,16H,3-4,7-8,15H2. The summed E-state index contributed by atoms with van der Waals surface area (Å²) in [6.45, 7) is 0. The van der Waals surface area contributed by atoms with Crippen LogP contribution in [0.2, 0.25) is 0 Å². The molecule has 0 bridgehead atoms. The van der Waals surface area contributed by atoms with Gasteiger partial charge in [0, 0.05) is 23.1 Å². The van der Waals surface area contributed by atoms with Crippen molar-refractivity contribution >= 4 is 33.5 Å². The number of H-pyrrole nitrogens is 1. The van der Waals surface area contributed by atoms with Crippen molar-refractivity contribution in [3.8, 4) is 0 Å². The van der Waals surface area contributed by atoms with Crippen LogP contribution in [0.5, 0.6) is 0 Å². The summed E-state index contributed by atoms with van der Waals surface area (Å²) in [5.74, 6) is 0. The van der Waals surface area contributed by atoms with Crippen LogP contribution in [-0.2, 0) is 6.42 Å². The lowest BCUT2D eigenvalue weighted by molar-refractivity contribution is 0.607. The van der Waals surface area contributed by atoms with Gasteiger partial charge in [0.25, 0.3) is 0 Å². The van der Waals surface area contributed by atoms with E-state index < -0.39 is 0 Å². The van der Waals surface area contributed by atoms with E-state index in [1.165, 1.54) is 27.3 Å². The number of nitrogens with two attached hydrogens (primary N) is 1. The van der Waals surface area contributed by atoms with Crippen LogP contribution < -0.4 is 5.73 Å². The van der Waals surface area contributed by atoms with E-state index in [1.54, 1.807) is 0 Å². The molecule has 0 fully saturated rings. The zero-order chi connectivity index (χ0) is 11.4. The second kappa shape index (κ2) is 5.68. The third-order valence-electron chi connectivity index (χ3n) is 2.87. The Morgan fingerprint density at radius 3 is 2.94 bits per heavy atom. The molecule has 86 valence electrons. The summed E-state index contributed by atoms with van der Waals surface area (Å²) >= 11 is 2.40. The summed E-state index contributed by atoms with van der Waals surface area (Å²) in [7, 11) is 0. The minimum atomic E-state index is 0.286. The average Bonchev–Trinajstić information content (AvgIpc) is 2.70. The second-order valence-corrected chi connectivity index (χ2v) is 5.23. The maximum Gasteiger partial charge on any atom is 0.0456 e. The number of fused-ring (bicyclic) bond motifs is 1. The van der Waals surface area contributed by atoms with Gasteiger partial charge in [0.05, 0.1) is 0 Å². The van der Waals surface area contributed by atoms with E-state index in [0.717, 1.165) is 12.8 Å². The molecule has 3 N–H and O–H groups in total. The zero-order valence-corrected chi connectivity index (χ0v) is 11.4. The molecule has 2 rings (SSSR count). The number of nitrogens with one attached hydrogen (secondary N) is 1. The van der Waals surface area contributed by atoms with Gasteiger partial charge in [0.15, 0.2) is 0 Å². The van der Waals surface area contributed by atoms with E-state index in [-0.39, 0.29) is 6.04 Å². The fraction of sp³-hybridized carbons (Fsp3) is 0.385. The van der Waals surface area contributed by atoms with Crippen LogP contribution in [0, 0.1) is 0 Å². The van der Waals surface area contributed by atoms with E-state index in [1.807, 2.05) is 0 Å². The Labute approximate surface area is 110 Å². The fourth-order valence-corrected chi connectivity index (χ4v) is 2.46. The minimum Gasteiger partial charge on any atom is -0.361 e. The molecule has 0 amide bonds. The Morgan fingerprint density at radius 1 is 1.31 bits per heavy atom. The number of alkyl halides is 1. The second-order valence-electron chi connectivity index (χ2n) is 4.15. The number of halogens is 1. The number of benzene rings is 1. The summed E-state index contributed by atoms with van der Waals surface area (Å²) < 4.78 is 1.19. The molecule has 0 saturated heterocycles. The summed E-state index contributed by atoms with van der Waals surface area (Å²) in [5.41, 5.74) is 8.68. The Bertz CT molecular complexity index is 450. The van der Waals surface area contributed by atoms with E-state index in [0.29, 0.717) is 0 Å². The summed E-state index contributed by atoms with van der Waals surface area (Å²) in [4.78, 5) is 3.29. The van der Waals surface area contributed by atoms with E-state index in [9.17, 15) is 0 Å². The van der Waals surface area contributed by atoms with Crippen molar-refractivity contribution in [2.45, 2.75) is 25.3 Å². The molecule has 0 aliphatic heterocycles. The third-order valence-corrected chi connectivity index (χ3v) is 3.63. The number of rotatable bonds is 5. The quantitative estimate of drug-likeness (QED) is 0.642. The molecule has 0 aliphatic carbocycles. The van der Waals surface area contributed by atoms with Gasteiger partial charge < -0.3 is 10.7 Å². The van der Waals surface area contributed by atoms with Gasteiger partial charge in [-0.1, -0.05) is 40.8 Å². The highest BCUT2D eigenvalue weighted by Crippen LogP contribution is 2.19. The van der Waals surface area contributed by atoms with Gasteiger partial charge in [0.1, 0.15) is 0 Å². The fourth-order valence-electron chi connectivity index (χ4n) is 2.02. The summed E-state index contributed by atoms with van der Waals surface area (Å²) in [6, 6.07) is 8.68. The molecule has 0 saturated carbocycles. The Hall–Kier alpha value is -0.550. The SMILES string of the molecule is NC(CCCI)Cc1c[nH]c2ccccc12. The molecular formula is C13H17IN2. The molecule has 16 heavy (non-hydrogen) atoms. The molecule has 1 aromatic heterocycles. The van der Waals surface area contributed by atoms with Crippen molar-refractivity contribution in [3.05, 3.63) is 36.0 Å². The molecule has 1 atom stereocenters. The Morgan fingerprint density at radius 2 is 2.12 bits per heavy atom. The predicted octanol–water partition coefficient (Wildman–Crippen LogP) is 3.25. The lowest BCUT2D eigenvalue weighted by Crippen LogP contribution is -2.22. The van der Waals surface area contributed by atoms with Crippen LogP contribution in [-0.4, -0.2) is 15.5 Å². The zero-order valence-electron chi connectivity index (χ0n) is 9.25. The first-order valence-electron chi connectivity index (χ1n) is 5.68. The van der Waals surface area contributed by atoms with E-state index in [2.05, 4.69) is 58.0 Å². The van der Waals surface area contributed by atoms with Crippen molar-refractivity contribution in [2.24, 2.45) is 5.73 Å². The number of para-hydroxylation sites is 1. The van der Waals surface area contributed by atoms with Crippen LogP contribution in [0.25, 0.3) is 10.9 Å². The summed E-state index contributed by atoms with van der Waals surface area (Å²) in [6.07, 6.45) is 5.39. The van der Waals surface area contributed by atoms with Crippen LogP contribution >= 0.6 is 22.6 Å². The smallest absolute Gasteiger partial charge is 0.0456 e. The van der Waals surface area contributed by atoms with Gasteiger partial charge in [0.2, 0.25) is 0 Å². The van der Waals surface area contributed by atoms with Crippen molar-refractivity contribution in [1.29, 1.82) is 0 Å². The van der Waals surface area contributed by atoms with Crippen LogP contribution in [0.1, 0.15) is 18.4 Å². The number of hydrogen-bond donors (Lipinski definition) is 2. The number of hydrogen-bond acceptors (Lipinski definition) is 1. The molecule has 0 aliphatic rings. The molecule has 1 aromatic carbocycles. The first-order valence-corrected chi connectivity index (χ1v) is 7.20. The monoisotopic (exact) mass is 328 g/mol. The molecule has 1 unspecified atom stereocenters. The molecule has 0 spiro atoms. The van der Waals surface area contributed by atoms with Crippen LogP contribution in [0.3, 0.4) is 0 Å². The molecule has 2 nitrogen and oxygen atoms in total. The normalized spacial score (nSPS) is 13.1. The van der Waals surface area contributed by atoms with Crippen molar-refractivity contribution in [3.63, 3.8) is 0 Å². The highest BCUT2D eigenvalue weighted by Gasteiger charge is 2.07. The molecular weight excluding hydrogens is 311 g/mol. The van der Waals surface area contributed by atoms with Crippen molar-refractivity contribution in [2.75, 3.05) is 4.43 Å². The summed E-state index contributed by atoms with van der Waals surface area (Å²) in [5, 5.41) is 1.31. The van der Waals surface area contributed by atoms with E-state index >= 15 is 0 Å². The molecule has 0 radical (unpaired) electrons. The van der Waals surface area contributed by atoms with Crippen LogP contribution in [0.15, 0.2) is 30.5 Å². The molecule has 1 heterocycles. The molecule has 3 heteroatoms. The van der Waals surface area contributed by atoms with E-state index in [4.69, 9.17) is 5.73 Å². The molecule has 2 aromatic rings. The van der Waals surface area contributed by atoms with Crippen molar-refractivity contribution in [1.82, 2.24) is 4.98 Å². The first-order chi connectivity index (χ1) is 7.81.